The second-order valence-corrected chi connectivity index (χ2v) is 9.05. The number of rotatable bonds is 7. The minimum absolute atomic E-state index is 0.109. The van der Waals surface area contributed by atoms with Gasteiger partial charge in [0.1, 0.15) is 23.0 Å². The Morgan fingerprint density at radius 2 is 1.41 bits per heavy atom. The van der Waals surface area contributed by atoms with Gasteiger partial charge in [0.15, 0.2) is 0 Å². The van der Waals surface area contributed by atoms with Crippen molar-refractivity contribution in [3.8, 4) is 17.2 Å². The first-order valence-corrected chi connectivity index (χ1v) is 12.1. The lowest BCUT2D eigenvalue weighted by atomic mass is 9.73. The maximum absolute atomic E-state index is 12.3. The number of allylic oxidation sites excluding steroid dienone is 3. The fourth-order valence-electron chi connectivity index (χ4n) is 4.56. The predicted molar refractivity (Wildman–Crippen MR) is 141 cm³/mol. The van der Waals surface area contributed by atoms with Gasteiger partial charge in [0.05, 0.1) is 7.11 Å². The Balaban J connectivity index is 1.49. The maximum atomic E-state index is 12.3. The molecule has 3 aromatic rings. The molecule has 0 amide bonds. The highest BCUT2D eigenvalue weighted by atomic mass is 16.7. The molecule has 1 aliphatic rings. The van der Waals surface area contributed by atoms with Crippen LogP contribution >= 0.6 is 0 Å². The van der Waals surface area contributed by atoms with E-state index in [4.69, 9.17) is 18.9 Å². The summed E-state index contributed by atoms with van der Waals surface area (Å²) in [5.74, 6) is 2.07. The van der Waals surface area contributed by atoms with Crippen molar-refractivity contribution in [1.29, 1.82) is 0 Å². The van der Waals surface area contributed by atoms with Gasteiger partial charge in [-0.25, -0.2) is 4.79 Å². The highest BCUT2D eigenvalue weighted by Crippen LogP contribution is 2.40. The van der Waals surface area contributed by atoms with Gasteiger partial charge < -0.3 is 18.9 Å². The van der Waals surface area contributed by atoms with E-state index >= 15 is 0 Å². The third kappa shape index (κ3) is 6.67. The first-order chi connectivity index (χ1) is 17.8. The maximum Gasteiger partial charge on any atom is 0.519 e. The van der Waals surface area contributed by atoms with E-state index in [9.17, 15) is 9.59 Å². The van der Waals surface area contributed by atoms with Crippen molar-refractivity contribution in [2.75, 3.05) is 7.11 Å². The molecular formula is C31H30O6. The number of methoxy groups -OCH3 is 1. The number of ether oxygens (including phenoxy) is 4. The molecule has 3 atom stereocenters. The Labute approximate surface area is 217 Å². The number of esters is 1. The van der Waals surface area contributed by atoms with E-state index in [0.717, 1.165) is 11.3 Å². The van der Waals surface area contributed by atoms with Gasteiger partial charge in [-0.2, -0.15) is 0 Å². The third-order valence-electron chi connectivity index (χ3n) is 6.27. The van der Waals surface area contributed by atoms with Crippen LogP contribution in [0.4, 0.5) is 4.79 Å². The highest BCUT2D eigenvalue weighted by molar-refractivity contribution is 5.70. The average molecular weight is 499 g/mol. The van der Waals surface area contributed by atoms with E-state index in [0.29, 0.717) is 11.5 Å². The molecule has 4 rings (SSSR count). The van der Waals surface area contributed by atoms with Gasteiger partial charge in [-0.3, -0.25) is 4.79 Å². The summed E-state index contributed by atoms with van der Waals surface area (Å²) in [4.78, 5) is 23.3. The molecule has 6 nitrogen and oxygen atoms in total. The first kappa shape index (κ1) is 25.8. The summed E-state index contributed by atoms with van der Waals surface area (Å²) in [6.45, 7) is 5.61. The quantitative estimate of drug-likeness (QED) is 0.199. The van der Waals surface area contributed by atoms with Crippen molar-refractivity contribution in [2.45, 2.75) is 26.7 Å². The Morgan fingerprint density at radius 1 is 0.811 bits per heavy atom. The fourth-order valence-corrected chi connectivity index (χ4v) is 4.56. The van der Waals surface area contributed by atoms with E-state index in [-0.39, 0.29) is 23.5 Å². The van der Waals surface area contributed by atoms with Gasteiger partial charge in [-0.05, 0) is 78.4 Å². The van der Waals surface area contributed by atoms with Crippen LogP contribution in [-0.2, 0) is 9.53 Å². The molecule has 0 spiro atoms. The summed E-state index contributed by atoms with van der Waals surface area (Å²) in [5, 5.41) is 0. The van der Waals surface area contributed by atoms with Gasteiger partial charge in [-0.15, -0.1) is 0 Å². The summed E-state index contributed by atoms with van der Waals surface area (Å²) < 4.78 is 21.0. The molecule has 1 aliphatic carbocycles. The van der Waals surface area contributed by atoms with Crippen molar-refractivity contribution in [2.24, 2.45) is 11.8 Å². The summed E-state index contributed by atoms with van der Waals surface area (Å²) in [5.41, 5.74) is 3.54. The van der Waals surface area contributed by atoms with E-state index in [2.05, 4.69) is 50.3 Å². The lowest BCUT2D eigenvalue weighted by Crippen LogP contribution is -2.21. The molecule has 0 aromatic heterocycles. The lowest BCUT2D eigenvalue weighted by Gasteiger charge is -2.32. The lowest BCUT2D eigenvalue weighted by molar-refractivity contribution is -0.131. The predicted octanol–water partition coefficient (Wildman–Crippen LogP) is 6.98. The SMILES string of the molecule is COC1=CC(C)C(C(c2ccc(OC(=O)Oc3ccc(OC(C)=O)cc3)cc2)c2cccc(C)c2)C=C1. The van der Waals surface area contributed by atoms with Gasteiger partial charge in [0.2, 0.25) is 0 Å². The summed E-state index contributed by atoms with van der Waals surface area (Å²) in [7, 11) is 1.68. The highest BCUT2D eigenvalue weighted by Gasteiger charge is 2.29. The average Bonchev–Trinajstić information content (AvgIpc) is 2.87. The van der Waals surface area contributed by atoms with E-state index < -0.39 is 12.1 Å². The standard InChI is InChI=1S/C31H30O6/c1-20-6-5-7-24(18-20)30(29-17-16-28(34-4)19-21(29)2)23-8-10-26(11-9-23)36-31(33)37-27-14-12-25(13-15-27)35-22(3)32/h5-19,21,29-30H,1-4H3. The van der Waals surface area contributed by atoms with Crippen LogP contribution in [0.15, 0.2) is 96.8 Å². The van der Waals surface area contributed by atoms with Crippen LogP contribution in [0.3, 0.4) is 0 Å². The van der Waals surface area contributed by atoms with Crippen LogP contribution in [-0.4, -0.2) is 19.2 Å². The molecule has 0 N–H and O–H groups in total. The number of carbonyl (C=O) groups excluding carboxylic acids is 2. The number of carbonyl (C=O) groups is 2. The zero-order valence-electron chi connectivity index (χ0n) is 21.3. The summed E-state index contributed by atoms with van der Waals surface area (Å²) in [6.07, 6.45) is 5.54. The molecule has 3 unspecified atom stereocenters. The topological polar surface area (TPSA) is 71.1 Å². The summed E-state index contributed by atoms with van der Waals surface area (Å²) in [6, 6.07) is 22.2. The monoisotopic (exact) mass is 498 g/mol. The Kier molecular flexibility index (Phi) is 8.08. The molecule has 0 aliphatic heterocycles. The van der Waals surface area contributed by atoms with Crippen LogP contribution < -0.4 is 14.2 Å². The third-order valence-corrected chi connectivity index (χ3v) is 6.27. The van der Waals surface area contributed by atoms with Gasteiger partial charge in [0.25, 0.3) is 0 Å². The second kappa shape index (κ2) is 11.6. The van der Waals surface area contributed by atoms with Gasteiger partial charge in [-0.1, -0.05) is 55.0 Å². The number of hydrogen-bond acceptors (Lipinski definition) is 6. The zero-order chi connectivity index (χ0) is 26.4. The molecule has 37 heavy (non-hydrogen) atoms. The van der Waals surface area contributed by atoms with Crippen molar-refractivity contribution >= 4 is 12.1 Å². The van der Waals surface area contributed by atoms with Crippen molar-refractivity contribution in [3.63, 3.8) is 0 Å². The summed E-state index contributed by atoms with van der Waals surface area (Å²) >= 11 is 0. The fraction of sp³-hybridized carbons (Fsp3) is 0.226. The minimum Gasteiger partial charge on any atom is -0.497 e. The number of aryl methyl sites for hydroxylation is 1. The first-order valence-electron chi connectivity index (χ1n) is 12.1. The Morgan fingerprint density at radius 3 is 1.95 bits per heavy atom. The van der Waals surface area contributed by atoms with E-state index in [1.54, 1.807) is 19.2 Å². The molecule has 190 valence electrons. The van der Waals surface area contributed by atoms with Crippen molar-refractivity contribution < 1.29 is 28.5 Å². The van der Waals surface area contributed by atoms with Crippen LogP contribution in [0.1, 0.15) is 36.5 Å². The van der Waals surface area contributed by atoms with Gasteiger partial charge >= 0.3 is 12.1 Å². The number of hydrogen-bond donors (Lipinski definition) is 0. The second-order valence-electron chi connectivity index (χ2n) is 9.05. The smallest absolute Gasteiger partial charge is 0.497 e. The van der Waals surface area contributed by atoms with Gasteiger partial charge in [0, 0.05) is 12.8 Å². The van der Waals surface area contributed by atoms with Crippen LogP contribution in [0, 0.1) is 18.8 Å². The van der Waals surface area contributed by atoms with E-state index in [1.807, 2.05) is 18.2 Å². The molecule has 0 saturated heterocycles. The molecule has 0 bridgehead atoms. The van der Waals surface area contributed by atoms with Crippen molar-refractivity contribution in [3.05, 3.63) is 113 Å². The molecule has 0 heterocycles. The minimum atomic E-state index is -0.857. The molecular weight excluding hydrogens is 468 g/mol. The van der Waals surface area contributed by atoms with Crippen LogP contribution in [0.5, 0.6) is 17.2 Å². The van der Waals surface area contributed by atoms with Crippen LogP contribution in [0.25, 0.3) is 0 Å². The zero-order valence-corrected chi connectivity index (χ0v) is 21.3. The molecule has 0 saturated carbocycles. The normalized spacial score (nSPS) is 17.4. The number of benzene rings is 3. The molecule has 6 heteroatoms. The molecule has 3 aromatic carbocycles. The Hall–Kier alpha value is -4.32. The van der Waals surface area contributed by atoms with Crippen molar-refractivity contribution in [1.82, 2.24) is 0 Å². The van der Waals surface area contributed by atoms with Crippen LogP contribution in [0.2, 0.25) is 0 Å². The molecule has 0 radical (unpaired) electrons. The Bertz CT molecular complexity index is 1300. The largest absolute Gasteiger partial charge is 0.519 e. The van der Waals surface area contributed by atoms with E-state index in [1.165, 1.54) is 42.3 Å². The molecule has 0 fully saturated rings.